The molecule has 110 valence electrons. The van der Waals surface area contributed by atoms with Gasteiger partial charge < -0.3 is 15.0 Å². The van der Waals surface area contributed by atoms with Crippen LogP contribution in [0.15, 0.2) is 17.2 Å². The average molecular weight is 289 g/mol. The third-order valence-corrected chi connectivity index (χ3v) is 4.01. The number of hydrogen-bond donors (Lipinski definition) is 3. The molecule has 0 saturated carbocycles. The molecule has 0 fully saturated rings. The van der Waals surface area contributed by atoms with E-state index in [0.29, 0.717) is 13.2 Å². The summed E-state index contributed by atoms with van der Waals surface area (Å²) in [6.45, 7) is 8.01. The van der Waals surface area contributed by atoms with Gasteiger partial charge in [-0.2, -0.15) is 0 Å². The van der Waals surface area contributed by atoms with Crippen LogP contribution in [-0.4, -0.2) is 39.2 Å². The van der Waals surface area contributed by atoms with Gasteiger partial charge in [-0.3, -0.25) is 0 Å². The van der Waals surface area contributed by atoms with Crippen LogP contribution >= 0.6 is 0 Å². The highest BCUT2D eigenvalue weighted by Crippen LogP contribution is 2.10. The molecule has 1 aromatic heterocycles. The second-order valence-corrected chi connectivity index (χ2v) is 6.03. The highest BCUT2D eigenvalue weighted by atomic mass is 32.2. The van der Waals surface area contributed by atoms with E-state index in [2.05, 4.69) is 15.0 Å². The predicted molar refractivity (Wildman–Crippen MR) is 74.4 cm³/mol. The van der Waals surface area contributed by atoms with Crippen molar-refractivity contribution in [3.63, 3.8) is 0 Å². The Kier molecular flexibility index (Phi) is 6.50. The van der Waals surface area contributed by atoms with Crippen molar-refractivity contribution in [3.8, 4) is 0 Å². The van der Waals surface area contributed by atoms with Crippen molar-refractivity contribution < 1.29 is 13.2 Å². The van der Waals surface area contributed by atoms with Gasteiger partial charge in [0.15, 0.2) is 0 Å². The third-order valence-electron chi connectivity index (χ3n) is 2.60. The maximum absolute atomic E-state index is 12.0. The molecular formula is C12H23N3O3S. The summed E-state index contributed by atoms with van der Waals surface area (Å²) in [6, 6.07) is 1.64. The van der Waals surface area contributed by atoms with Crippen molar-refractivity contribution in [2.24, 2.45) is 0 Å². The molecule has 1 unspecified atom stereocenters. The van der Waals surface area contributed by atoms with E-state index in [9.17, 15) is 8.42 Å². The van der Waals surface area contributed by atoms with Crippen LogP contribution in [-0.2, 0) is 21.3 Å². The maximum Gasteiger partial charge on any atom is 0.242 e. The minimum absolute atomic E-state index is 0.139. The van der Waals surface area contributed by atoms with Gasteiger partial charge in [0, 0.05) is 31.6 Å². The Morgan fingerprint density at radius 3 is 2.79 bits per heavy atom. The number of hydrogen-bond acceptors (Lipinski definition) is 4. The van der Waals surface area contributed by atoms with Gasteiger partial charge in [-0.1, -0.05) is 6.92 Å². The van der Waals surface area contributed by atoms with E-state index in [4.69, 9.17) is 4.74 Å². The first kappa shape index (κ1) is 16.2. The van der Waals surface area contributed by atoms with Gasteiger partial charge in [-0.05, 0) is 26.5 Å². The maximum atomic E-state index is 12.0. The van der Waals surface area contributed by atoms with Gasteiger partial charge in [-0.15, -0.1) is 0 Å². The fourth-order valence-electron chi connectivity index (χ4n) is 1.59. The van der Waals surface area contributed by atoms with E-state index in [1.807, 2.05) is 20.8 Å². The number of nitrogens with one attached hydrogen (secondary N) is 3. The minimum Gasteiger partial charge on any atom is -0.377 e. The summed E-state index contributed by atoms with van der Waals surface area (Å²) in [7, 11) is -3.47. The van der Waals surface area contributed by atoms with Crippen molar-refractivity contribution in [2.75, 3.05) is 19.7 Å². The van der Waals surface area contributed by atoms with E-state index in [0.717, 1.165) is 12.2 Å². The first-order chi connectivity index (χ1) is 8.99. The van der Waals surface area contributed by atoms with Gasteiger partial charge in [-0.25, -0.2) is 13.1 Å². The summed E-state index contributed by atoms with van der Waals surface area (Å²) in [4.78, 5) is 3.20. The highest BCUT2D eigenvalue weighted by Gasteiger charge is 2.16. The van der Waals surface area contributed by atoms with Crippen LogP contribution < -0.4 is 10.0 Å². The van der Waals surface area contributed by atoms with Gasteiger partial charge >= 0.3 is 0 Å². The lowest BCUT2D eigenvalue weighted by Gasteiger charge is -2.12. The molecule has 7 heteroatoms. The number of sulfonamides is 1. The van der Waals surface area contributed by atoms with E-state index in [1.54, 1.807) is 6.07 Å². The summed E-state index contributed by atoms with van der Waals surface area (Å²) in [6.07, 6.45) is 1.36. The molecule has 0 saturated heterocycles. The Hall–Kier alpha value is -0.890. The van der Waals surface area contributed by atoms with Gasteiger partial charge in [0.1, 0.15) is 0 Å². The molecule has 1 aromatic rings. The van der Waals surface area contributed by atoms with E-state index < -0.39 is 10.0 Å². The van der Waals surface area contributed by atoms with Crippen molar-refractivity contribution in [1.29, 1.82) is 0 Å². The van der Waals surface area contributed by atoms with Crippen molar-refractivity contribution in [1.82, 2.24) is 15.0 Å². The molecule has 0 bridgehead atoms. The molecule has 1 heterocycles. The predicted octanol–water partition coefficient (Wildman–Crippen LogP) is 0.828. The monoisotopic (exact) mass is 289 g/mol. The molecule has 1 atom stereocenters. The van der Waals surface area contributed by atoms with Crippen molar-refractivity contribution >= 4 is 10.0 Å². The molecule has 0 aliphatic heterocycles. The second-order valence-electron chi connectivity index (χ2n) is 4.26. The lowest BCUT2D eigenvalue weighted by atomic mass is 10.4. The lowest BCUT2D eigenvalue weighted by Crippen LogP contribution is -2.32. The van der Waals surface area contributed by atoms with Crippen LogP contribution in [0.3, 0.4) is 0 Å². The molecule has 0 radical (unpaired) electrons. The van der Waals surface area contributed by atoms with Crippen LogP contribution in [0.25, 0.3) is 0 Å². The summed E-state index contributed by atoms with van der Waals surface area (Å²) in [5.74, 6) is 0. The van der Waals surface area contributed by atoms with Gasteiger partial charge in [0.2, 0.25) is 10.0 Å². The van der Waals surface area contributed by atoms with Gasteiger partial charge in [0.05, 0.1) is 11.0 Å². The van der Waals surface area contributed by atoms with E-state index >= 15 is 0 Å². The largest absolute Gasteiger partial charge is 0.377 e. The molecule has 0 aliphatic rings. The van der Waals surface area contributed by atoms with Crippen LogP contribution in [0.4, 0.5) is 0 Å². The fraction of sp³-hybridized carbons (Fsp3) is 0.667. The molecule has 19 heavy (non-hydrogen) atoms. The smallest absolute Gasteiger partial charge is 0.242 e. The zero-order valence-electron chi connectivity index (χ0n) is 11.7. The number of aromatic amines is 1. The summed E-state index contributed by atoms with van der Waals surface area (Å²) in [5, 5.41) is 3.13. The molecule has 0 aromatic carbocycles. The quantitative estimate of drug-likeness (QED) is 0.629. The Morgan fingerprint density at radius 1 is 1.42 bits per heavy atom. The zero-order chi connectivity index (χ0) is 14.3. The molecule has 6 nitrogen and oxygen atoms in total. The Morgan fingerprint density at radius 2 is 2.16 bits per heavy atom. The van der Waals surface area contributed by atoms with Crippen LogP contribution in [0, 0.1) is 0 Å². The first-order valence-electron chi connectivity index (χ1n) is 6.48. The van der Waals surface area contributed by atoms with E-state index in [-0.39, 0.29) is 17.5 Å². The summed E-state index contributed by atoms with van der Waals surface area (Å²) in [5.41, 5.74) is 0.847. The average Bonchev–Trinajstić information content (AvgIpc) is 2.84. The molecule has 1 rings (SSSR count). The summed E-state index contributed by atoms with van der Waals surface area (Å²) < 4.78 is 31.9. The van der Waals surface area contributed by atoms with Gasteiger partial charge in [0.25, 0.3) is 0 Å². The van der Waals surface area contributed by atoms with Crippen LogP contribution in [0.2, 0.25) is 0 Å². The Bertz CT molecular complexity index is 470. The highest BCUT2D eigenvalue weighted by molar-refractivity contribution is 7.89. The SMILES string of the molecule is CCNCc1cc(S(=O)(=O)NCC(C)OCC)c[nH]1. The van der Waals surface area contributed by atoms with Crippen molar-refractivity contribution in [3.05, 3.63) is 18.0 Å². The van der Waals surface area contributed by atoms with Crippen LogP contribution in [0.5, 0.6) is 0 Å². The number of ether oxygens (including phenoxy) is 1. The summed E-state index contributed by atoms with van der Waals surface area (Å²) >= 11 is 0. The standard InChI is InChI=1S/C12H23N3O3S/c1-4-13-8-11-6-12(9-14-11)19(16,17)15-7-10(3)18-5-2/h6,9-10,13-15H,4-5,7-8H2,1-3H3. The normalized spacial score (nSPS) is 13.6. The first-order valence-corrected chi connectivity index (χ1v) is 7.97. The fourth-order valence-corrected chi connectivity index (χ4v) is 2.72. The molecule has 0 amide bonds. The molecule has 0 spiro atoms. The van der Waals surface area contributed by atoms with Crippen LogP contribution in [0.1, 0.15) is 26.5 Å². The lowest BCUT2D eigenvalue weighted by molar-refractivity contribution is 0.0799. The Labute approximate surface area is 115 Å². The number of aromatic nitrogens is 1. The molecule has 0 aliphatic carbocycles. The third kappa shape index (κ3) is 5.32. The topological polar surface area (TPSA) is 83.2 Å². The minimum atomic E-state index is -3.47. The molecular weight excluding hydrogens is 266 g/mol. The molecule has 3 N–H and O–H groups in total. The number of H-pyrrole nitrogens is 1. The zero-order valence-corrected chi connectivity index (χ0v) is 12.5. The van der Waals surface area contributed by atoms with Crippen molar-refractivity contribution in [2.45, 2.75) is 38.3 Å². The number of rotatable bonds is 9. The Balaban J connectivity index is 2.59. The second kappa shape index (κ2) is 7.64. The van der Waals surface area contributed by atoms with E-state index in [1.165, 1.54) is 6.20 Å².